The van der Waals surface area contributed by atoms with Gasteiger partial charge < -0.3 is 0 Å². The largest absolute Gasteiger partial charge is 0.222 e. The van der Waals surface area contributed by atoms with Crippen LogP contribution in [-0.2, 0) is 0 Å². The first kappa shape index (κ1) is 29.0. The van der Waals surface area contributed by atoms with Crippen molar-refractivity contribution in [3.63, 3.8) is 0 Å². The fourth-order valence-corrected chi connectivity index (χ4v) is 9.96. The summed E-state index contributed by atoms with van der Waals surface area (Å²) in [5.74, 6) is 0. The summed E-state index contributed by atoms with van der Waals surface area (Å²) >= 11 is 0.638. The van der Waals surface area contributed by atoms with E-state index in [2.05, 4.69) is 127 Å². The molecule has 5 aromatic rings. The van der Waals surface area contributed by atoms with Gasteiger partial charge in [0.15, 0.2) is 0 Å². The average molecular weight is 703 g/mol. The summed E-state index contributed by atoms with van der Waals surface area (Å²) < 4.78 is 39.9. The molecule has 2 heterocycles. The molecule has 4 aromatic carbocycles. The molecule has 0 fully saturated rings. The number of halogens is 1. The Balaban J connectivity index is 0.000000585. The Hall–Kier alpha value is -3.12. The Kier molecular flexibility index (Phi) is 8.71. The first-order valence-corrected chi connectivity index (χ1v) is 18.0. The van der Waals surface area contributed by atoms with Gasteiger partial charge in [-0.2, -0.15) is 0 Å². The Bertz CT molecular complexity index is 1840. The zero-order valence-corrected chi connectivity index (χ0v) is 26.5. The molecule has 7 rings (SSSR count). The molecule has 7 heteroatoms. The number of rotatable bonds is 3. The van der Waals surface area contributed by atoms with Crippen molar-refractivity contribution < 1.29 is 28.9 Å². The number of hydrogen-bond donors (Lipinski definition) is 0. The quantitative estimate of drug-likeness (QED) is 0.271. The second-order valence-electron chi connectivity index (χ2n) is 9.85. The zero-order chi connectivity index (χ0) is 29.1. The van der Waals surface area contributed by atoms with Crippen molar-refractivity contribution in [1.82, 2.24) is 0 Å². The van der Waals surface area contributed by atoms with Crippen LogP contribution >= 0.6 is 0 Å². The molecule has 0 saturated heterocycles. The summed E-state index contributed by atoms with van der Waals surface area (Å²) in [7, 11) is -4.94. The molecule has 0 radical (unpaired) electrons. The third-order valence-corrected chi connectivity index (χ3v) is 12.0. The van der Waals surface area contributed by atoms with Gasteiger partial charge in [-0.05, 0) is 0 Å². The fourth-order valence-electron chi connectivity index (χ4n) is 5.34. The SMILES string of the molecule is C1=C(c2ccccc2)[Se]c2ccccc2/C1=C1/C=C(c2cc(-c3ccccc3)[se+]c3ccccc23)CC1.[O-][Cl+3]([O-])([O-])[O-]. The standard InChI is InChI=1S/C35H25Se2.ClHO4/c1-3-11-24(12-4-1)34-22-30(28-15-7-9-17-32(28)36-34)26-19-20-27(21-26)31-23-35(25-13-5-2-6-14-25)37-33-18-10-8-16-29(31)33;2-1(3,4)5/h1-18,21-23H,19-20H2;(H,2,3,4,5)/q+1;/p-1. The maximum absolute atomic E-state index is 8.49. The summed E-state index contributed by atoms with van der Waals surface area (Å²) in [5, 5.41) is 1.42. The van der Waals surface area contributed by atoms with E-state index in [4.69, 9.17) is 18.6 Å². The van der Waals surface area contributed by atoms with Crippen LogP contribution < -0.4 is 23.1 Å². The first-order valence-electron chi connectivity index (χ1n) is 13.3. The van der Waals surface area contributed by atoms with Crippen molar-refractivity contribution in [1.29, 1.82) is 0 Å². The van der Waals surface area contributed by atoms with E-state index in [0.717, 1.165) is 12.8 Å². The van der Waals surface area contributed by atoms with Gasteiger partial charge in [-0.3, -0.25) is 0 Å². The van der Waals surface area contributed by atoms with Crippen LogP contribution in [-0.4, -0.2) is 29.5 Å². The Morgan fingerprint density at radius 2 is 1.24 bits per heavy atom. The number of allylic oxidation sites excluding steroid dienone is 5. The fraction of sp³-hybridized carbons (Fsp3) is 0.0571. The number of benzene rings is 4. The summed E-state index contributed by atoms with van der Waals surface area (Å²) in [6.07, 6.45) is 7.18. The molecule has 0 saturated carbocycles. The van der Waals surface area contributed by atoms with Crippen LogP contribution in [0.2, 0.25) is 0 Å². The van der Waals surface area contributed by atoms with Gasteiger partial charge in [0.05, 0.1) is 0 Å². The van der Waals surface area contributed by atoms with Crippen LogP contribution in [0.1, 0.15) is 29.5 Å². The molecular weight excluding hydrogens is 678 g/mol. The molecule has 0 unspecified atom stereocenters. The van der Waals surface area contributed by atoms with Crippen molar-refractivity contribution >= 4 is 59.2 Å². The second-order valence-corrected chi connectivity index (χ2v) is 15.1. The van der Waals surface area contributed by atoms with Gasteiger partial charge in [-0.15, -0.1) is 10.2 Å². The summed E-state index contributed by atoms with van der Waals surface area (Å²) in [5.41, 5.74) is 9.91. The van der Waals surface area contributed by atoms with Crippen molar-refractivity contribution in [2.45, 2.75) is 12.8 Å². The Morgan fingerprint density at radius 3 is 1.98 bits per heavy atom. The van der Waals surface area contributed by atoms with E-state index in [1.165, 1.54) is 62.0 Å². The van der Waals surface area contributed by atoms with Crippen LogP contribution in [0.5, 0.6) is 0 Å². The molecular formula is C35H25ClO4Se2. The van der Waals surface area contributed by atoms with Crippen LogP contribution in [0.15, 0.2) is 133 Å². The molecule has 0 bridgehead atoms. The normalized spacial score (nSPS) is 16.3. The van der Waals surface area contributed by atoms with Crippen LogP contribution in [0.4, 0.5) is 0 Å². The average Bonchev–Trinajstić information content (AvgIpc) is 3.50. The van der Waals surface area contributed by atoms with Gasteiger partial charge in [0.1, 0.15) is 0 Å². The molecule has 42 heavy (non-hydrogen) atoms. The first-order chi connectivity index (χ1) is 20.3. The van der Waals surface area contributed by atoms with Gasteiger partial charge >= 0.3 is 232 Å². The molecule has 1 aliphatic carbocycles. The molecule has 0 atom stereocenters. The van der Waals surface area contributed by atoms with Gasteiger partial charge in [-0.25, -0.2) is 18.6 Å². The minimum absolute atomic E-state index is 0.319. The van der Waals surface area contributed by atoms with Crippen LogP contribution in [0.25, 0.3) is 35.3 Å². The molecule has 4 nitrogen and oxygen atoms in total. The van der Waals surface area contributed by atoms with E-state index < -0.39 is 10.2 Å². The van der Waals surface area contributed by atoms with E-state index >= 15 is 0 Å². The van der Waals surface area contributed by atoms with E-state index in [1.807, 2.05) is 0 Å². The number of hydrogen-bond acceptors (Lipinski definition) is 4. The van der Waals surface area contributed by atoms with Gasteiger partial charge in [-0.1, -0.05) is 0 Å². The predicted molar refractivity (Wildman–Crippen MR) is 161 cm³/mol. The van der Waals surface area contributed by atoms with E-state index in [9.17, 15) is 0 Å². The van der Waals surface area contributed by atoms with E-state index in [0.29, 0.717) is 29.5 Å². The van der Waals surface area contributed by atoms with Gasteiger partial charge in [0.25, 0.3) is 0 Å². The van der Waals surface area contributed by atoms with Gasteiger partial charge in [0.2, 0.25) is 0 Å². The molecule has 2 aliphatic rings. The van der Waals surface area contributed by atoms with Crippen molar-refractivity contribution in [3.8, 4) is 10.0 Å². The molecule has 0 amide bonds. The summed E-state index contributed by atoms with van der Waals surface area (Å²) in [6.45, 7) is 0. The monoisotopic (exact) mass is 704 g/mol. The third-order valence-electron chi connectivity index (χ3n) is 7.17. The van der Waals surface area contributed by atoms with Crippen molar-refractivity contribution in [2.75, 3.05) is 0 Å². The zero-order valence-electron chi connectivity index (χ0n) is 22.4. The van der Waals surface area contributed by atoms with E-state index in [1.54, 1.807) is 0 Å². The van der Waals surface area contributed by atoms with Crippen LogP contribution in [0.3, 0.4) is 0 Å². The summed E-state index contributed by atoms with van der Waals surface area (Å²) in [6, 6.07) is 42.4. The molecule has 0 N–H and O–H groups in total. The second kappa shape index (κ2) is 12.6. The van der Waals surface area contributed by atoms with Gasteiger partial charge in [0, 0.05) is 0 Å². The molecule has 208 valence electrons. The minimum Gasteiger partial charge on any atom is -0.222 e. The van der Waals surface area contributed by atoms with Crippen molar-refractivity contribution in [3.05, 3.63) is 150 Å². The smallest absolute Gasteiger partial charge is 0.112 e. The van der Waals surface area contributed by atoms with Crippen molar-refractivity contribution in [2.24, 2.45) is 0 Å². The maximum atomic E-state index is 8.49. The summed E-state index contributed by atoms with van der Waals surface area (Å²) in [4.78, 5) is 0. The Labute approximate surface area is 259 Å². The maximum Gasteiger partial charge on any atom is -0.112 e. The topological polar surface area (TPSA) is 92.2 Å². The third kappa shape index (κ3) is 6.75. The van der Waals surface area contributed by atoms with E-state index in [-0.39, 0.29) is 0 Å². The van der Waals surface area contributed by atoms with Crippen LogP contribution in [0, 0.1) is 10.2 Å². The number of fused-ring (bicyclic) bond motifs is 2. The Morgan fingerprint density at radius 1 is 0.619 bits per heavy atom. The minimum atomic E-state index is -4.94. The molecule has 1 aliphatic heterocycles. The predicted octanol–water partition coefficient (Wildman–Crippen LogP) is 3.10. The molecule has 0 spiro atoms. The molecule has 1 aromatic heterocycles.